The lowest BCUT2D eigenvalue weighted by molar-refractivity contribution is 0.475. The summed E-state index contributed by atoms with van der Waals surface area (Å²) < 4.78 is 0. The van der Waals surface area contributed by atoms with Crippen LogP contribution in [0.5, 0.6) is 0 Å². The standard InChI is InChI=1S/C15H30N2S/c1-11(2)7-6-8-13(5)16-15-17-14(12(3)4)9-10-18-15/h11-14H,6-10H2,1-5H3,(H,16,17). The van der Waals surface area contributed by atoms with Crippen LogP contribution >= 0.6 is 11.8 Å². The second kappa shape index (κ2) is 8.08. The van der Waals surface area contributed by atoms with Crippen molar-refractivity contribution >= 4 is 16.9 Å². The summed E-state index contributed by atoms with van der Waals surface area (Å²) in [4.78, 5) is 4.83. The van der Waals surface area contributed by atoms with Gasteiger partial charge in [-0.3, -0.25) is 4.99 Å². The Morgan fingerprint density at radius 1 is 1.22 bits per heavy atom. The molecule has 0 radical (unpaired) electrons. The van der Waals surface area contributed by atoms with E-state index in [4.69, 9.17) is 4.99 Å². The van der Waals surface area contributed by atoms with Crippen molar-refractivity contribution in [1.82, 2.24) is 5.32 Å². The van der Waals surface area contributed by atoms with Crippen LogP contribution in [-0.4, -0.2) is 23.0 Å². The van der Waals surface area contributed by atoms with Gasteiger partial charge in [-0.2, -0.15) is 0 Å². The zero-order valence-electron chi connectivity index (χ0n) is 12.7. The minimum Gasteiger partial charge on any atom is -0.362 e. The molecule has 0 spiro atoms. The molecule has 0 aromatic heterocycles. The summed E-state index contributed by atoms with van der Waals surface area (Å²) in [6.07, 6.45) is 5.14. The average Bonchev–Trinajstić information content (AvgIpc) is 2.28. The first-order chi connectivity index (χ1) is 8.49. The number of rotatable bonds is 6. The zero-order valence-corrected chi connectivity index (χ0v) is 13.5. The van der Waals surface area contributed by atoms with Gasteiger partial charge in [0.05, 0.1) is 6.04 Å². The quantitative estimate of drug-likeness (QED) is 0.778. The van der Waals surface area contributed by atoms with Crippen molar-refractivity contribution in [2.24, 2.45) is 16.8 Å². The van der Waals surface area contributed by atoms with Gasteiger partial charge in [0.1, 0.15) is 0 Å². The third-order valence-corrected chi connectivity index (χ3v) is 4.43. The number of aliphatic imine (C=N–C) groups is 1. The molecule has 0 bridgehead atoms. The lowest BCUT2D eigenvalue weighted by Crippen LogP contribution is -2.34. The lowest BCUT2D eigenvalue weighted by Gasteiger charge is -2.25. The molecule has 2 atom stereocenters. The highest BCUT2D eigenvalue weighted by molar-refractivity contribution is 8.13. The molecule has 0 aliphatic carbocycles. The Labute approximate surface area is 117 Å². The Hall–Kier alpha value is -0.180. The average molecular weight is 270 g/mol. The van der Waals surface area contributed by atoms with Crippen LogP contribution in [0.4, 0.5) is 0 Å². The number of hydrogen-bond donors (Lipinski definition) is 1. The summed E-state index contributed by atoms with van der Waals surface area (Å²) in [6.45, 7) is 11.4. The van der Waals surface area contributed by atoms with Crippen LogP contribution in [0.25, 0.3) is 0 Å². The number of hydrogen-bond acceptors (Lipinski definition) is 3. The van der Waals surface area contributed by atoms with Crippen LogP contribution in [0.2, 0.25) is 0 Å². The number of amidine groups is 1. The van der Waals surface area contributed by atoms with Crippen LogP contribution in [0, 0.1) is 11.8 Å². The van der Waals surface area contributed by atoms with Crippen molar-refractivity contribution in [2.45, 2.75) is 72.4 Å². The Kier molecular flexibility index (Phi) is 7.13. The van der Waals surface area contributed by atoms with Crippen LogP contribution in [0.1, 0.15) is 60.3 Å². The molecule has 3 heteroatoms. The molecule has 0 saturated carbocycles. The van der Waals surface area contributed by atoms with Crippen LogP contribution < -0.4 is 5.32 Å². The van der Waals surface area contributed by atoms with Gasteiger partial charge in [-0.05, 0) is 31.6 Å². The maximum Gasteiger partial charge on any atom is 0.157 e. The van der Waals surface area contributed by atoms with Crippen molar-refractivity contribution < 1.29 is 0 Å². The van der Waals surface area contributed by atoms with E-state index in [0.717, 1.165) is 5.92 Å². The molecule has 0 aromatic rings. The van der Waals surface area contributed by atoms with Gasteiger partial charge in [0.2, 0.25) is 0 Å². The van der Waals surface area contributed by atoms with Crippen LogP contribution in [0.15, 0.2) is 4.99 Å². The van der Waals surface area contributed by atoms with Gasteiger partial charge < -0.3 is 5.32 Å². The van der Waals surface area contributed by atoms with Gasteiger partial charge in [0.15, 0.2) is 5.17 Å². The van der Waals surface area contributed by atoms with Gasteiger partial charge in [-0.25, -0.2) is 0 Å². The molecule has 1 N–H and O–H groups in total. The third kappa shape index (κ3) is 6.12. The van der Waals surface area contributed by atoms with Gasteiger partial charge >= 0.3 is 0 Å². The lowest BCUT2D eigenvalue weighted by atomic mass is 10.0. The van der Waals surface area contributed by atoms with E-state index in [1.165, 1.54) is 36.6 Å². The second-order valence-electron chi connectivity index (χ2n) is 6.25. The summed E-state index contributed by atoms with van der Waals surface area (Å²) in [5.41, 5.74) is 0. The second-order valence-corrected chi connectivity index (χ2v) is 7.34. The molecule has 1 rings (SSSR count). The van der Waals surface area contributed by atoms with Crippen molar-refractivity contribution in [3.63, 3.8) is 0 Å². The summed E-state index contributed by atoms with van der Waals surface area (Å²) >= 11 is 1.89. The number of nitrogens with one attached hydrogen (secondary N) is 1. The van der Waals surface area contributed by atoms with Crippen molar-refractivity contribution in [3.05, 3.63) is 0 Å². The van der Waals surface area contributed by atoms with E-state index in [-0.39, 0.29) is 0 Å². The molecular weight excluding hydrogens is 240 g/mol. The molecule has 0 fully saturated rings. The molecular formula is C15H30N2S. The Morgan fingerprint density at radius 3 is 2.56 bits per heavy atom. The van der Waals surface area contributed by atoms with E-state index >= 15 is 0 Å². The normalized spacial score (nSPS) is 22.2. The highest BCUT2D eigenvalue weighted by Gasteiger charge is 2.19. The molecule has 0 aromatic carbocycles. The molecule has 2 unspecified atom stereocenters. The number of nitrogens with zero attached hydrogens (tertiary/aromatic N) is 1. The number of thioether (sulfide) groups is 1. The van der Waals surface area contributed by atoms with Crippen molar-refractivity contribution in [2.75, 3.05) is 5.75 Å². The fourth-order valence-corrected chi connectivity index (χ4v) is 3.25. The Morgan fingerprint density at radius 2 is 1.94 bits per heavy atom. The molecule has 18 heavy (non-hydrogen) atoms. The van der Waals surface area contributed by atoms with Crippen molar-refractivity contribution in [3.8, 4) is 0 Å². The molecule has 106 valence electrons. The topological polar surface area (TPSA) is 24.4 Å². The summed E-state index contributed by atoms with van der Waals surface area (Å²) in [7, 11) is 0. The van der Waals surface area contributed by atoms with Crippen LogP contribution in [-0.2, 0) is 0 Å². The predicted octanol–water partition coefficient (Wildman–Crippen LogP) is 4.31. The molecule has 2 nitrogen and oxygen atoms in total. The van der Waals surface area contributed by atoms with E-state index in [0.29, 0.717) is 18.0 Å². The summed E-state index contributed by atoms with van der Waals surface area (Å²) in [6, 6.07) is 1.08. The first kappa shape index (κ1) is 15.9. The predicted molar refractivity (Wildman–Crippen MR) is 84.4 cm³/mol. The molecule has 0 amide bonds. The van der Waals surface area contributed by atoms with E-state index in [1.807, 2.05) is 11.8 Å². The summed E-state index contributed by atoms with van der Waals surface area (Å²) in [5.74, 6) is 2.70. The smallest absolute Gasteiger partial charge is 0.157 e. The fourth-order valence-electron chi connectivity index (χ4n) is 2.21. The monoisotopic (exact) mass is 270 g/mol. The molecule has 1 heterocycles. The zero-order chi connectivity index (χ0) is 13.5. The minimum absolute atomic E-state index is 0.525. The van der Waals surface area contributed by atoms with Gasteiger partial charge in [0.25, 0.3) is 0 Å². The van der Waals surface area contributed by atoms with E-state index in [1.54, 1.807) is 0 Å². The SMILES string of the molecule is CC(C)CCCC(C)NC1=NC(C(C)C)CCS1. The maximum atomic E-state index is 4.83. The van der Waals surface area contributed by atoms with E-state index in [9.17, 15) is 0 Å². The highest BCUT2D eigenvalue weighted by atomic mass is 32.2. The fraction of sp³-hybridized carbons (Fsp3) is 0.933. The molecule has 1 aliphatic heterocycles. The van der Waals surface area contributed by atoms with Crippen molar-refractivity contribution in [1.29, 1.82) is 0 Å². The first-order valence-corrected chi connectivity index (χ1v) is 8.44. The van der Waals surface area contributed by atoms with Gasteiger partial charge in [-0.1, -0.05) is 52.3 Å². The summed E-state index contributed by atoms with van der Waals surface area (Å²) in [5, 5.41) is 4.77. The van der Waals surface area contributed by atoms with E-state index in [2.05, 4.69) is 39.9 Å². The van der Waals surface area contributed by atoms with E-state index < -0.39 is 0 Å². The van der Waals surface area contributed by atoms with Crippen LogP contribution in [0.3, 0.4) is 0 Å². The Balaban J connectivity index is 2.32. The largest absolute Gasteiger partial charge is 0.362 e. The highest BCUT2D eigenvalue weighted by Crippen LogP contribution is 2.22. The minimum atomic E-state index is 0.525. The molecule has 0 saturated heterocycles. The van der Waals surface area contributed by atoms with Gasteiger partial charge in [0, 0.05) is 11.8 Å². The first-order valence-electron chi connectivity index (χ1n) is 7.46. The maximum absolute atomic E-state index is 4.83. The Bertz CT molecular complexity index is 261. The third-order valence-electron chi connectivity index (χ3n) is 3.49. The van der Waals surface area contributed by atoms with Gasteiger partial charge in [-0.15, -0.1) is 0 Å². The molecule has 1 aliphatic rings.